The summed E-state index contributed by atoms with van der Waals surface area (Å²) in [6, 6.07) is 14.1. The molecular formula is C25H25N3O7. The highest BCUT2D eigenvalue weighted by Crippen LogP contribution is 2.38. The van der Waals surface area contributed by atoms with Gasteiger partial charge < -0.3 is 29.4 Å². The Hall–Kier alpha value is -4.73. The van der Waals surface area contributed by atoms with Gasteiger partial charge in [-0.2, -0.15) is 5.10 Å². The Kier molecular flexibility index (Phi) is 8.12. The summed E-state index contributed by atoms with van der Waals surface area (Å²) in [5.41, 5.74) is 4.11. The molecule has 0 aliphatic rings. The SMILES string of the molecule is COc1ccc(/C=N\NC(=O)c2ccc(NC(=O)c3cc(OC)c(OC)c(OC)c3)cc2)cc1O. The number of nitrogens with zero attached hydrogens (tertiary/aromatic N) is 1. The molecule has 0 spiro atoms. The number of carbonyl (C=O) groups excluding carboxylic acids is 2. The molecule has 0 aromatic heterocycles. The van der Waals surface area contributed by atoms with Crippen LogP contribution in [0.3, 0.4) is 0 Å². The number of benzene rings is 3. The zero-order chi connectivity index (χ0) is 25.4. The number of hydrazone groups is 1. The monoisotopic (exact) mass is 479 g/mol. The fourth-order valence-corrected chi connectivity index (χ4v) is 3.14. The lowest BCUT2D eigenvalue weighted by Gasteiger charge is -2.14. The molecule has 10 nitrogen and oxygen atoms in total. The third kappa shape index (κ3) is 5.99. The van der Waals surface area contributed by atoms with E-state index in [1.165, 1.54) is 40.7 Å². The molecule has 3 N–H and O–H groups in total. The average molecular weight is 479 g/mol. The molecule has 3 aromatic rings. The van der Waals surface area contributed by atoms with E-state index in [-0.39, 0.29) is 5.75 Å². The molecule has 0 aliphatic heterocycles. The van der Waals surface area contributed by atoms with Crippen molar-refractivity contribution in [3.05, 3.63) is 71.3 Å². The summed E-state index contributed by atoms with van der Waals surface area (Å²) in [6.07, 6.45) is 1.39. The third-order valence-electron chi connectivity index (χ3n) is 4.91. The van der Waals surface area contributed by atoms with Gasteiger partial charge in [-0.05, 0) is 60.2 Å². The number of ether oxygens (including phenoxy) is 4. The van der Waals surface area contributed by atoms with Crippen molar-refractivity contribution in [3.8, 4) is 28.7 Å². The zero-order valence-electron chi connectivity index (χ0n) is 19.6. The molecule has 2 amide bonds. The lowest BCUT2D eigenvalue weighted by atomic mass is 10.1. The standard InChI is InChI=1S/C25H25N3O7/c1-32-20-10-5-15(11-19(20)29)14-26-28-25(31)16-6-8-18(9-7-16)27-24(30)17-12-21(33-2)23(35-4)22(13-17)34-3/h5-14,29H,1-4H3,(H,27,30)(H,28,31)/b26-14-. The number of aromatic hydroxyl groups is 1. The van der Waals surface area contributed by atoms with Crippen molar-refractivity contribution >= 4 is 23.7 Å². The van der Waals surface area contributed by atoms with E-state index in [0.29, 0.717) is 45.4 Å². The van der Waals surface area contributed by atoms with E-state index in [2.05, 4.69) is 15.8 Å². The molecular weight excluding hydrogens is 454 g/mol. The number of rotatable bonds is 9. The molecule has 0 saturated carbocycles. The third-order valence-corrected chi connectivity index (χ3v) is 4.91. The number of hydrogen-bond acceptors (Lipinski definition) is 8. The van der Waals surface area contributed by atoms with Gasteiger partial charge in [-0.25, -0.2) is 5.43 Å². The molecule has 3 aromatic carbocycles. The summed E-state index contributed by atoms with van der Waals surface area (Å²) in [4.78, 5) is 25.1. The first-order chi connectivity index (χ1) is 16.9. The van der Waals surface area contributed by atoms with Gasteiger partial charge in [0.1, 0.15) is 0 Å². The number of phenols is 1. The first kappa shape index (κ1) is 24.9. The van der Waals surface area contributed by atoms with E-state index in [9.17, 15) is 14.7 Å². The van der Waals surface area contributed by atoms with Crippen LogP contribution in [0.5, 0.6) is 28.7 Å². The number of anilines is 1. The van der Waals surface area contributed by atoms with Crippen LogP contribution in [0, 0.1) is 0 Å². The topological polar surface area (TPSA) is 128 Å². The molecule has 0 radical (unpaired) electrons. The maximum Gasteiger partial charge on any atom is 0.271 e. The Morgan fingerprint density at radius 3 is 1.94 bits per heavy atom. The van der Waals surface area contributed by atoms with Gasteiger partial charge >= 0.3 is 0 Å². The van der Waals surface area contributed by atoms with E-state index < -0.39 is 11.8 Å². The van der Waals surface area contributed by atoms with Crippen molar-refractivity contribution in [1.29, 1.82) is 0 Å². The number of phenolic OH excluding ortho intramolecular Hbond substituents is 1. The normalized spacial score (nSPS) is 10.5. The predicted molar refractivity (Wildman–Crippen MR) is 130 cm³/mol. The number of nitrogens with one attached hydrogen (secondary N) is 2. The maximum absolute atomic E-state index is 12.7. The zero-order valence-corrected chi connectivity index (χ0v) is 19.6. The van der Waals surface area contributed by atoms with Crippen LogP contribution in [0.15, 0.2) is 59.7 Å². The minimum Gasteiger partial charge on any atom is -0.504 e. The fraction of sp³-hybridized carbons (Fsp3) is 0.160. The van der Waals surface area contributed by atoms with Crippen LogP contribution in [0.25, 0.3) is 0 Å². The van der Waals surface area contributed by atoms with Crippen LogP contribution in [0.4, 0.5) is 5.69 Å². The quantitative estimate of drug-likeness (QED) is 0.317. The largest absolute Gasteiger partial charge is 0.504 e. The molecule has 182 valence electrons. The van der Waals surface area contributed by atoms with Crippen LogP contribution >= 0.6 is 0 Å². The minimum atomic E-state index is -0.443. The van der Waals surface area contributed by atoms with Gasteiger partial charge in [-0.15, -0.1) is 0 Å². The smallest absolute Gasteiger partial charge is 0.271 e. The van der Waals surface area contributed by atoms with E-state index in [1.54, 1.807) is 48.5 Å². The van der Waals surface area contributed by atoms with Crippen molar-refractivity contribution in [2.75, 3.05) is 33.8 Å². The van der Waals surface area contributed by atoms with Crippen LogP contribution in [-0.2, 0) is 0 Å². The second kappa shape index (κ2) is 11.4. The van der Waals surface area contributed by atoms with E-state index >= 15 is 0 Å². The Bertz CT molecular complexity index is 1220. The number of methoxy groups -OCH3 is 4. The van der Waals surface area contributed by atoms with Crippen molar-refractivity contribution < 1.29 is 33.6 Å². The first-order valence-electron chi connectivity index (χ1n) is 10.3. The van der Waals surface area contributed by atoms with Gasteiger partial charge in [-0.1, -0.05) is 0 Å². The highest BCUT2D eigenvalue weighted by molar-refractivity contribution is 6.05. The highest BCUT2D eigenvalue weighted by Gasteiger charge is 2.17. The number of carbonyl (C=O) groups is 2. The highest BCUT2D eigenvalue weighted by atomic mass is 16.5. The Balaban J connectivity index is 1.64. The van der Waals surface area contributed by atoms with Gasteiger partial charge in [0.2, 0.25) is 5.75 Å². The number of amides is 2. The molecule has 0 saturated heterocycles. The lowest BCUT2D eigenvalue weighted by Crippen LogP contribution is -2.18. The maximum atomic E-state index is 12.7. The molecule has 0 bridgehead atoms. The second-order valence-electron chi connectivity index (χ2n) is 7.08. The second-order valence-corrected chi connectivity index (χ2v) is 7.08. The van der Waals surface area contributed by atoms with E-state index in [4.69, 9.17) is 18.9 Å². The molecule has 0 heterocycles. The lowest BCUT2D eigenvalue weighted by molar-refractivity contribution is 0.0954. The Morgan fingerprint density at radius 2 is 1.40 bits per heavy atom. The summed E-state index contributed by atoms with van der Waals surface area (Å²) >= 11 is 0. The van der Waals surface area contributed by atoms with Gasteiger partial charge in [0.25, 0.3) is 11.8 Å². The van der Waals surface area contributed by atoms with Crippen molar-refractivity contribution in [2.24, 2.45) is 5.10 Å². The molecule has 10 heteroatoms. The summed E-state index contributed by atoms with van der Waals surface area (Å²) in [5, 5.41) is 16.4. The molecule has 0 aliphatic carbocycles. The summed E-state index contributed by atoms with van der Waals surface area (Å²) in [7, 11) is 5.86. The Labute approximate surface area is 202 Å². The van der Waals surface area contributed by atoms with Crippen LogP contribution in [0.2, 0.25) is 0 Å². The van der Waals surface area contributed by atoms with Crippen LogP contribution in [0.1, 0.15) is 26.3 Å². The molecule has 0 atom stereocenters. The fourth-order valence-electron chi connectivity index (χ4n) is 3.14. The molecule has 35 heavy (non-hydrogen) atoms. The molecule has 0 fully saturated rings. The average Bonchev–Trinajstić information content (AvgIpc) is 2.88. The summed E-state index contributed by atoms with van der Waals surface area (Å²) in [5.74, 6) is 0.558. The van der Waals surface area contributed by atoms with Gasteiger partial charge in [0, 0.05) is 16.8 Å². The van der Waals surface area contributed by atoms with Crippen molar-refractivity contribution in [1.82, 2.24) is 5.43 Å². The molecule has 3 rings (SSSR count). The Morgan fingerprint density at radius 1 is 0.771 bits per heavy atom. The van der Waals surface area contributed by atoms with Crippen molar-refractivity contribution in [2.45, 2.75) is 0 Å². The number of hydrogen-bond donors (Lipinski definition) is 3. The summed E-state index contributed by atoms with van der Waals surface area (Å²) in [6.45, 7) is 0. The molecule has 0 unspecified atom stereocenters. The van der Waals surface area contributed by atoms with Crippen molar-refractivity contribution in [3.63, 3.8) is 0 Å². The van der Waals surface area contributed by atoms with Gasteiger partial charge in [-0.3, -0.25) is 9.59 Å². The summed E-state index contributed by atoms with van der Waals surface area (Å²) < 4.78 is 20.8. The van der Waals surface area contributed by atoms with Gasteiger partial charge in [0.05, 0.1) is 34.7 Å². The minimum absolute atomic E-state index is 0.0352. The van der Waals surface area contributed by atoms with E-state index in [0.717, 1.165) is 0 Å². The van der Waals surface area contributed by atoms with Crippen LogP contribution in [-0.4, -0.2) is 51.6 Å². The predicted octanol–water partition coefficient (Wildman–Crippen LogP) is 3.44. The van der Waals surface area contributed by atoms with Crippen LogP contribution < -0.4 is 29.7 Å². The first-order valence-corrected chi connectivity index (χ1v) is 10.3. The van der Waals surface area contributed by atoms with E-state index in [1.807, 2.05) is 0 Å². The van der Waals surface area contributed by atoms with Gasteiger partial charge in [0.15, 0.2) is 23.0 Å².